The predicted molar refractivity (Wildman–Crippen MR) is 120 cm³/mol. The number of aliphatic imine (C=N–C) groups is 1. The first-order valence-corrected chi connectivity index (χ1v) is 9.12. The van der Waals surface area contributed by atoms with Crippen LogP contribution in [-0.4, -0.2) is 24.1 Å². The van der Waals surface area contributed by atoms with E-state index in [0.29, 0.717) is 31.5 Å². The van der Waals surface area contributed by atoms with E-state index in [9.17, 15) is 0 Å². The van der Waals surface area contributed by atoms with Crippen molar-refractivity contribution in [3.63, 3.8) is 0 Å². The van der Waals surface area contributed by atoms with Gasteiger partial charge in [-0.15, -0.1) is 24.0 Å². The van der Waals surface area contributed by atoms with Gasteiger partial charge in [0.1, 0.15) is 11.5 Å². The van der Waals surface area contributed by atoms with Gasteiger partial charge in [0, 0.05) is 17.5 Å². The van der Waals surface area contributed by atoms with Gasteiger partial charge in [-0.1, -0.05) is 39.0 Å². The van der Waals surface area contributed by atoms with Gasteiger partial charge in [-0.05, 0) is 19.9 Å². The standard InChI is InChI=1S/C20H30N4O2.HI/c1-6-21-19(23-12-15-10-8-9-11-16(15)25-7-2)24-14-18-22-13-17(26-18)20(3,4)5;/h8-11,13H,6-7,12,14H2,1-5H3,(H2,21,23,24);1H. The molecule has 0 bridgehead atoms. The zero-order valence-electron chi connectivity index (χ0n) is 16.8. The Kier molecular flexibility index (Phi) is 9.62. The number of guanidine groups is 1. The number of nitrogens with one attached hydrogen (secondary N) is 2. The second-order valence-electron chi connectivity index (χ2n) is 6.96. The van der Waals surface area contributed by atoms with Crippen molar-refractivity contribution in [3.8, 4) is 5.75 Å². The van der Waals surface area contributed by atoms with Crippen molar-refractivity contribution in [2.75, 3.05) is 13.2 Å². The Morgan fingerprint density at radius 3 is 2.56 bits per heavy atom. The number of hydrogen-bond acceptors (Lipinski definition) is 4. The van der Waals surface area contributed by atoms with E-state index in [4.69, 9.17) is 9.15 Å². The van der Waals surface area contributed by atoms with Gasteiger partial charge < -0.3 is 19.8 Å². The van der Waals surface area contributed by atoms with Gasteiger partial charge in [0.15, 0.2) is 5.96 Å². The highest BCUT2D eigenvalue weighted by Gasteiger charge is 2.19. The van der Waals surface area contributed by atoms with E-state index in [2.05, 4.69) is 41.4 Å². The van der Waals surface area contributed by atoms with Crippen molar-refractivity contribution in [2.45, 2.75) is 53.1 Å². The molecule has 2 aromatic rings. The first-order chi connectivity index (χ1) is 12.4. The van der Waals surface area contributed by atoms with Crippen LogP contribution in [0.4, 0.5) is 0 Å². The number of oxazole rings is 1. The minimum Gasteiger partial charge on any atom is -0.494 e. The van der Waals surface area contributed by atoms with Crippen LogP contribution in [0.1, 0.15) is 51.8 Å². The topological polar surface area (TPSA) is 71.7 Å². The molecule has 2 rings (SSSR count). The average Bonchev–Trinajstić information content (AvgIpc) is 3.08. The Morgan fingerprint density at radius 2 is 1.93 bits per heavy atom. The molecule has 0 saturated carbocycles. The van der Waals surface area contributed by atoms with Gasteiger partial charge in [-0.25, -0.2) is 9.98 Å². The first kappa shape index (κ1) is 23.3. The van der Waals surface area contributed by atoms with Gasteiger partial charge in [0.25, 0.3) is 0 Å². The van der Waals surface area contributed by atoms with E-state index in [1.807, 2.05) is 38.1 Å². The molecule has 27 heavy (non-hydrogen) atoms. The fourth-order valence-electron chi connectivity index (χ4n) is 2.33. The monoisotopic (exact) mass is 486 g/mol. The van der Waals surface area contributed by atoms with E-state index in [0.717, 1.165) is 23.6 Å². The number of halogens is 1. The Bertz CT molecular complexity index is 723. The quantitative estimate of drug-likeness (QED) is 0.348. The second-order valence-corrected chi connectivity index (χ2v) is 6.96. The van der Waals surface area contributed by atoms with E-state index in [-0.39, 0.29) is 29.4 Å². The Morgan fingerprint density at radius 1 is 1.19 bits per heavy atom. The van der Waals surface area contributed by atoms with Crippen LogP contribution in [0.2, 0.25) is 0 Å². The Labute approximate surface area is 179 Å². The van der Waals surface area contributed by atoms with Crippen LogP contribution in [0, 0.1) is 0 Å². The summed E-state index contributed by atoms with van der Waals surface area (Å²) < 4.78 is 11.5. The third-order valence-electron chi connectivity index (χ3n) is 3.72. The third kappa shape index (κ3) is 7.40. The second kappa shape index (κ2) is 11.2. The van der Waals surface area contributed by atoms with E-state index < -0.39 is 0 Å². The van der Waals surface area contributed by atoms with Crippen molar-refractivity contribution < 1.29 is 9.15 Å². The van der Waals surface area contributed by atoms with Crippen LogP contribution in [0.15, 0.2) is 39.9 Å². The molecule has 0 fully saturated rings. The molecule has 1 heterocycles. The molecular weight excluding hydrogens is 455 g/mol. The summed E-state index contributed by atoms with van der Waals surface area (Å²) in [5, 5.41) is 6.51. The molecule has 6 nitrogen and oxygen atoms in total. The van der Waals surface area contributed by atoms with Crippen LogP contribution in [0.5, 0.6) is 5.75 Å². The van der Waals surface area contributed by atoms with Crippen molar-refractivity contribution in [1.29, 1.82) is 0 Å². The smallest absolute Gasteiger partial charge is 0.213 e. The number of ether oxygens (including phenoxy) is 1. The van der Waals surface area contributed by atoms with Crippen LogP contribution in [0.3, 0.4) is 0 Å². The number of hydrogen-bond donors (Lipinski definition) is 2. The van der Waals surface area contributed by atoms with Gasteiger partial charge in [0.05, 0.1) is 25.9 Å². The maximum atomic E-state index is 5.81. The largest absolute Gasteiger partial charge is 0.494 e. The Balaban J connectivity index is 0.00000364. The van der Waals surface area contributed by atoms with Gasteiger partial charge in [-0.2, -0.15) is 0 Å². The molecule has 0 aliphatic carbocycles. The van der Waals surface area contributed by atoms with Crippen molar-refractivity contribution >= 4 is 29.9 Å². The maximum absolute atomic E-state index is 5.81. The molecule has 0 aliphatic heterocycles. The minimum atomic E-state index is -0.0488. The summed E-state index contributed by atoms with van der Waals surface area (Å²) in [6.07, 6.45) is 1.79. The van der Waals surface area contributed by atoms with Crippen LogP contribution in [0.25, 0.3) is 0 Å². The van der Waals surface area contributed by atoms with Crippen molar-refractivity contribution in [2.24, 2.45) is 4.99 Å². The fraction of sp³-hybridized carbons (Fsp3) is 0.500. The van der Waals surface area contributed by atoms with Crippen molar-refractivity contribution in [1.82, 2.24) is 15.6 Å². The molecular formula is C20H31IN4O2. The molecule has 2 N–H and O–H groups in total. The number of benzene rings is 1. The lowest BCUT2D eigenvalue weighted by molar-refractivity contribution is 0.336. The zero-order chi connectivity index (χ0) is 19.0. The van der Waals surface area contributed by atoms with E-state index in [1.54, 1.807) is 6.20 Å². The lowest BCUT2D eigenvalue weighted by Crippen LogP contribution is -2.36. The SMILES string of the molecule is CCNC(=NCc1ccccc1OCC)NCc1ncc(C(C)(C)C)o1.I. The van der Waals surface area contributed by atoms with Gasteiger partial charge >= 0.3 is 0 Å². The molecule has 150 valence electrons. The highest BCUT2D eigenvalue weighted by Crippen LogP contribution is 2.22. The summed E-state index contributed by atoms with van der Waals surface area (Å²) in [5.74, 6) is 3.11. The highest BCUT2D eigenvalue weighted by molar-refractivity contribution is 14.0. The minimum absolute atomic E-state index is 0. The number of rotatable bonds is 7. The summed E-state index contributed by atoms with van der Waals surface area (Å²) in [6, 6.07) is 7.96. The summed E-state index contributed by atoms with van der Waals surface area (Å²) in [5.41, 5.74) is 1.00. The Hall–Kier alpha value is -1.77. The molecule has 1 aromatic heterocycles. The lowest BCUT2D eigenvalue weighted by Gasteiger charge is -2.13. The average molecular weight is 486 g/mol. The highest BCUT2D eigenvalue weighted by atomic mass is 127. The fourth-order valence-corrected chi connectivity index (χ4v) is 2.33. The molecule has 0 saturated heterocycles. The summed E-state index contributed by atoms with van der Waals surface area (Å²) >= 11 is 0. The van der Waals surface area contributed by atoms with Crippen LogP contribution >= 0.6 is 24.0 Å². The number of aromatic nitrogens is 1. The molecule has 0 atom stereocenters. The maximum Gasteiger partial charge on any atom is 0.213 e. The molecule has 1 aromatic carbocycles. The van der Waals surface area contributed by atoms with Gasteiger partial charge in [-0.3, -0.25) is 0 Å². The van der Waals surface area contributed by atoms with E-state index >= 15 is 0 Å². The molecule has 0 radical (unpaired) electrons. The zero-order valence-corrected chi connectivity index (χ0v) is 19.2. The summed E-state index contributed by atoms with van der Waals surface area (Å²) in [4.78, 5) is 8.98. The molecule has 0 unspecified atom stereocenters. The molecule has 7 heteroatoms. The molecule has 0 aliphatic rings. The normalized spacial score (nSPS) is 11.7. The molecule has 0 amide bonds. The first-order valence-electron chi connectivity index (χ1n) is 9.12. The molecule has 0 spiro atoms. The summed E-state index contributed by atoms with van der Waals surface area (Å²) in [6.45, 7) is 12.8. The van der Waals surface area contributed by atoms with E-state index in [1.165, 1.54) is 0 Å². The third-order valence-corrected chi connectivity index (χ3v) is 3.72. The van der Waals surface area contributed by atoms with Crippen LogP contribution in [-0.2, 0) is 18.5 Å². The number of para-hydroxylation sites is 1. The van der Waals surface area contributed by atoms with Crippen molar-refractivity contribution in [3.05, 3.63) is 47.7 Å². The van der Waals surface area contributed by atoms with Gasteiger partial charge in [0.2, 0.25) is 5.89 Å². The predicted octanol–water partition coefficient (Wildman–Crippen LogP) is 4.24. The summed E-state index contributed by atoms with van der Waals surface area (Å²) in [7, 11) is 0. The van der Waals surface area contributed by atoms with Crippen LogP contribution < -0.4 is 15.4 Å². The number of nitrogens with zero attached hydrogens (tertiary/aromatic N) is 2. The lowest BCUT2D eigenvalue weighted by atomic mass is 9.94.